The van der Waals surface area contributed by atoms with Crippen LogP contribution >= 0.6 is 28.3 Å². The van der Waals surface area contributed by atoms with Gasteiger partial charge in [0.15, 0.2) is 5.69 Å². The molecule has 1 N–H and O–H groups in total. The predicted molar refractivity (Wildman–Crippen MR) is 99.0 cm³/mol. The van der Waals surface area contributed by atoms with Gasteiger partial charge in [0.25, 0.3) is 5.91 Å². The number of rotatable bonds is 2. The Kier molecular flexibility index (Phi) is 6.01. The van der Waals surface area contributed by atoms with Crippen molar-refractivity contribution < 1.29 is 4.79 Å². The Bertz CT molecular complexity index is 735. The summed E-state index contributed by atoms with van der Waals surface area (Å²) in [7, 11) is 0. The van der Waals surface area contributed by atoms with E-state index in [2.05, 4.69) is 45.4 Å². The Morgan fingerprint density at radius 3 is 2.83 bits per heavy atom. The summed E-state index contributed by atoms with van der Waals surface area (Å²) in [6, 6.07) is 8.18. The van der Waals surface area contributed by atoms with E-state index in [1.54, 1.807) is 4.68 Å². The van der Waals surface area contributed by atoms with Gasteiger partial charge in [-0.1, -0.05) is 27.2 Å². The minimum absolute atomic E-state index is 0. The molecule has 1 aromatic heterocycles. The molecule has 1 fully saturated rings. The maximum absolute atomic E-state index is 12.9. The minimum Gasteiger partial charge on any atom is -0.332 e. The van der Waals surface area contributed by atoms with E-state index in [9.17, 15) is 4.79 Å². The van der Waals surface area contributed by atoms with E-state index in [1.165, 1.54) is 0 Å². The van der Waals surface area contributed by atoms with Crippen LogP contribution in [0.4, 0.5) is 0 Å². The van der Waals surface area contributed by atoms with E-state index in [0.29, 0.717) is 12.2 Å². The van der Waals surface area contributed by atoms with Gasteiger partial charge < -0.3 is 10.2 Å². The number of benzene rings is 1. The van der Waals surface area contributed by atoms with Crippen molar-refractivity contribution in [2.45, 2.75) is 32.9 Å². The topological polar surface area (TPSA) is 63.1 Å². The summed E-state index contributed by atoms with van der Waals surface area (Å²) >= 11 is 3.45. The number of piperazine rings is 1. The number of amides is 1. The number of carbonyl (C=O) groups is 1. The fourth-order valence-electron chi connectivity index (χ4n) is 2.86. The number of nitrogens with zero attached hydrogens (tertiary/aromatic N) is 4. The van der Waals surface area contributed by atoms with Gasteiger partial charge in [-0.2, -0.15) is 0 Å². The van der Waals surface area contributed by atoms with Gasteiger partial charge in [0.2, 0.25) is 0 Å². The summed E-state index contributed by atoms with van der Waals surface area (Å²) in [6.45, 7) is 7.52. The Morgan fingerprint density at radius 2 is 2.12 bits per heavy atom. The zero-order valence-electron chi connectivity index (χ0n) is 13.9. The molecular weight excluding hydrogens is 394 g/mol. The molecule has 2 atom stereocenters. The largest absolute Gasteiger partial charge is 0.332 e. The van der Waals surface area contributed by atoms with Crippen molar-refractivity contribution in [1.82, 2.24) is 25.2 Å². The summed E-state index contributed by atoms with van der Waals surface area (Å²) in [4.78, 5) is 14.7. The third kappa shape index (κ3) is 3.48. The SMILES string of the molecule is Cc1c(C(=O)N2CCNC(C)C2C)nnn1-c1cccc(Br)c1.Cl. The van der Waals surface area contributed by atoms with Crippen LogP contribution in [0.15, 0.2) is 28.7 Å². The van der Waals surface area contributed by atoms with Gasteiger partial charge in [-0.25, -0.2) is 4.68 Å². The van der Waals surface area contributed by atoms with E-state index in [1.807, 2.05) is 36.1 Å². The lowest BCUT2D eigenvalue weighted by atomic mass is 10.1. The van der Waals surface area contributed by atoms with Crippen molar-refractivity contribution in [3.63, 3.8) is 0 Å². The first-order valence-corrected chi connectivity index (χ1v) is 8.51. The van der Waals surface area contributed by atoms with E-state index in [4.69, 9.17) is 0 Å². The van der Waals surface area contributed by atoms with Gasteiger partial charge in [0.05, 0.1) is 11.4 Å². The van der Waals surface area contributed by atoms with Gasteiger partial charge in [0.1, 0.15) is 0 Å². The molecule has 0 saturated carbocycles. The summed E-state index contributed by atoms with van der Waals surface area (Å²) in [5, 5.41) is 11.7. The van der Waals surface area contributed by atoms with Crippen LogP contribution in [-0.2, 0) is 0 Å². The van der Waals surface area contributed by atoms with Crippen molar-refractivity contribution in [3.8, 4) is 5.69 Å². The second-order valence-corrected chi connectivity index (χ2v) is 6.81. The van der Waals surface area contributed by atoms with Gasteiger partial charge in [-0.3, -0.25) is 4.79 Å². The molecule has 6 nitrogen and oxygen atoms in total. The molecule has 0 spiro atoms. The molecule has 3 rings (SSSR count). The second-order valence-electron chi connectivity index (χ2n) is 5.90. The molecule has 8 heteroatoms. The second kappa shape index (κ2) is 7.63. The lowest BCUT2D eigenvalue weighted by Crippen LogP contribution is -2.57. The third-order valence-corrected chi connectivity index (χ3v) is 4.94. The summed E-state index contributed by atoms with van der Waals surface area (Å²) in [6.07, 6.45) is 0. The first-order chi connectivity index (χ1) is 11.0. The first-order valence-electron chi connectivity index (χ1n) is 7.71. The molecule has 1 aliphatic heterocycles. The zero-order valence-corrected chi connectivity index (χ0v) is 16.3. The number of halogens is 2. The van der Waals surface area contributed by atoms with Crippen molar-refractivity contribution >= 4 is 34.2 Å². The lowest BCUT2D eigenvalue weighted by Gasteiger charge is -2.38. The van der Waals surface area contributed by atoms with E-state index in [-0.39, 0.29) is 30.4 Å². The van der Waals surface area contributed by atoms with Crippen LogP contribution in [0.2, 0.25) is 0 Å². The van der Waals surface area contributed by atoms with Crippen LogP contribution in [0.25, 0.3) is 5.69 Å². The Hall–Kier alpha value is -1.44. The summed E-state index contributed by atoms with van der Waals surface area (Å²) < 4.78 is 2.66. The molecule has 24 heavy (non-hydrogen) atoms. The smallest absolute Gasteiger partial charge is 0.276 e. The molecule has 130 valence electrons. The average Bonchev–Trinajstić information content (AvgIpc) is 2.91. The quantitative estimate of drug-likeness (QED) is 0.820. The van der Waals surface area contributed by atoms with E-state index < -0.39 is 0 Å². The molecule has 1 saturated heterocycles. The number of nitrogens with one attached hydrogen (secondary N) is 1. The van der Waals surface area contributed by atoms with E-state index in [0.717, 1.165) is 22.4 Å². The van der Waals surface area contributed by atoms with Crippen LogP contribution in [0, 0.1) is 6.92 Å². The standard InChI is InChI=1S/C16H20BrN5O.ClH/c1-10-11(2)21(8-7-18-10)16(23)15-12(3)22(20-19-15)14-6-4-5-13(17)9-14;/h4-6,9-11,18H,7-8H2,1-3H3;1H. The molecule has 1 aliphatic rings. The number of aromatic nitrogens is 3. The average molecular weight is 415 g/mol. The summed E-state index contributed by atoms with van der Waals surface area (Å²) in [5.41, 5.74) is 2.06. The van der Waals surface area contributed by atoms with Crippen LogP contribution in [0.3, 0.4) is 0 Å². The fourth-order valence-corrected chi connectivity index (χ4v) is 3.25. The van der Waals surface area contributed by atoms with Crippen molar-refractivity contribution in [2.24, 2.45) is 0 Å². The monoisotopic (exact) mass is 413 g/mol. The maximum Gasteiger partial charge on any atom is 0.276 e. The van der Waals surface area contributed by atoms with Gasteiger partial charge in [-0.05, 0) is 39.0 Å². The van der Waals surface area contributed by atoms with Crippen LogP contribution in [-0.4, -0.2) is 51.0 Å². The van der Waals surface area contributed by atoms with Crippen molar-refractivity contribution in [2.75, 3.05) is 13.1 Å². The number of hydrogen-bond acceptors (Lipinski definition) is 4. The Balaban J connectivity index is 0.00000208. The molecule has 0 radical (unpaired) electrons. The molecule has 2 heterocycles. The van der Waals surface area contributed by atoms with Crippen molar-refractivity contribution in [3.05, 3.63) is 40.1 Å². The lowest BCUT2D eigenvalue weighted by molar-refractivity contribution is 0.0596. The maximum atomic E-state index is 12.9. The van der Waals surface area contributed by atoms with Crippen LogP contribution < -0.4 is 5.32 Å². The predicted octanol–water partition coefficient (Wildman–Crippen LogP) is 2.58. The molecule has 0 aliphatic carbocycles. The zero-order chi connectivity index (χ0) is 16.6. The molecule has 1 aromatic carbocycles. The molecule has 1 amide bonds. The highest BCUT2D eigenvalue weighted by molar-refractivity contribution is 9.10. The van der Waals surface area contributed by atoms with Gasteiger partial charge in [-0.15, -0.1) is 17.5 Å². The van der Waals surface area contributed by atoms with Crippen molar-refractivity contribution in [1.29, 1.82) is 0 Å². The van der Waals surface area contributed by atoms with Gasteiger partial charge in [0, 0.05) is 29.6 Å². The third-order valence-electron chi connectivity index (χ3n) is 4.45. The highest BCUT2D eigenvalue weighted by atomic mass is 79.9. The van der Waals surface area contributed by atoms with Crippen LogP contribution in [0.5, 0.6) is 0 Å². The minimum atomic E-state index is -0.0513. The van der Waals surface area contributed by atoms with Crippen LogP contribution in [0.1, 0.15) is 30.0 Å². The molecule has 2 unspecified atom stereocenters. The highest BCUT2D eigenvalue weighted by Gasteiger charge is 2.31. The summed E-state index contributed by atoms with van der Waals surface area (Å²) in [5.74, 6) is -0.0513. The van der Waals surface area contributed by atoms with Gasteiger partial charge >= 0.3 is 0 Å². The number of hydrogen-bond donors (Lipinski definition) is 1. The normalized spacial score (nSPS) is 20.6. The number of carbonyl (C=O) groups excluding carboxylic acids is 1. The highest BCUT2D eigenvalue weighted by Crippen LogP contribution is 2.19. The fraction of sp³-hybridized carbons (Fsp3) is 0.438. The Labute approximate surface area is 156 Å². The molecular formula is C16H21BrClN5O. The molecule has 0 bridgehead atoms. The molecule has 2 aromatic rings. The first kappa shape index (κ1) is 18.9. The Morgan fingerprint density at radius 1 is 1.38 bits per heavy atom. The van der Waals surface area contributed by atoms with E-state index >= 15 is 0 Å².